The number of hydrogen-bond acceptors (Lipinski definition) is 6. The van der Waals surface area contributed by atoms with Crippen molar-refractivity contribution in [1.29, 1.82) is 0 Å². The van der Waals surface area contributed by atoms with Crippen molar-refractivity contribution in [2.75, 3.05) is 23.7 Å². The van der Waals surface area contributed by atoms with E-state index in [1.165, 1.54) is 19.3 Å². The molecule has 1 aliphatic rings. The lowest BCUT2D eigenvalue weighted by Gasteiger charge is -2.13. The van der Waals surface area contributed by atoms with Crippen LogP contribution in [0.3, 0.4) is 0 Å². The van der Waals surface area contributed by atoms with Crippen molar-refractivity contribution in [2.24, 2.45) is 0 Å². The Morgan fingerprint density at radius 3 is 2.39 bits per heavy atom. The summed E-state index contributed by atoms with van der Waals surface area (Å²) < 4.78 is 0. The van der Waals surface area contributed by atoms with E-state index in [0.29, 0.717) is 5.95 Å². The van der Waals surface area contributed by atoms with Crippen molar-refractivity contribution >= 4 is 11.8 Å². The summed E-state index contributed by atoms with van der Waals surface area (Å²) in [6.45, 7) is 3.73. The highest BCUT2D eigenvalue weighted by Gasteiger charge is 2.11. The number of nitrogens with one attached hydrogen (secondary N) is 2. The molecular formula is C22H33N5O. The van der Waals surface area contributed by atoms with E-state index in [4.69, 9.17) is 4.98 Å². The Morgan fingerprint density at radius 2 is 1.57 bits per heavy atom. The molecule has 0 aromatic carbocycles. The number of hydrogen-bond donors (Lipinski definition) is 3. The van der Waals surface area contributed by atoms with Crippen LogP contribution in [0.4, 0.5) is 11.8 Å². The van der Waals surface area contributed by atoms with Crippen molar-refractivity contribution in [3.63, 3.8) is 0 Å². The Morgan fingerprint density at radius 1 is 0.857 bits per heavy atom. The largest absolute Gasteiger partial charge is 0.393 e. The maximum atomic E-state index is 10.1. The van der Waals surface area contributed by atoms with E-state index in [1.807, 2.05) is 25.4 Å². The lowest BCUT2D eigenvalue weighted by atomic mass is 10.0. The molecule has 0 spiro atoms. The summed E-state index contributed by atoms with van der Waals surface area (Å²) in [7, 11) is 0. The van der Waals surface area contributed by atoms with Crippen LogP contribution in [-0.2, 0) is 0 Å². The monoisotopic (exact) mass is 383 g/mol. The van der Waals surface area contributed by atoms with E-state index in [0.717, 1.165) is 74.3 Å². The minimum atomic E-state index is -0.157. The third-order valence-electron chi connectivity index (χ3n) is 5.23. The van der Waals surface area contributed by atoms with Crippen LogP contribution in [0.1, 0.15) is 63.4 Å². The SMILES string of the molecule is Cc1ccc(-c2cnc3nc2NCCCCC(O)CCCCCCCN3)nc1. The van der Waals surface area contributed by atoms with Gasteiger partial charge in [-0.15, -0.1) is 0 Å². The topological polar surface area (TPSA) is 83.0 Å². The Kier molecular flexibility index (Phi) is 8.03. The molecule has 0 fully saturated rings. The molecule has 0 saturated carbocycles. The summed E-state index contributed by atoms with van der Waals surface area (Å²) in [5.41, 5.74) is 2.93. The second-order valence-corrected chi connectivity index (χ2v) is 7.74. The first kappa shape index (κ1) is 20.5. The van der Waals surface area contributed by atoms with Gasteiger partial charge in [0.15, 0.2) is 0 Å². The average Bonchev–Trinajstić information content (AvgIpc) is 2.70. The van der Waals surface area contributed by atoms with Crippen molar-refractivity contribution in [1.82, 2.24) is 15.0 Å². The number of aliphatic hydroxyl groups is 1. The molecule has 2 aromatic rings. The molecule has 3 rings (SSSR count). The van der Waals surface area contributed by atoms with Gasteiger partial charge >= 0.3 is 0 Å². The Bertz CT molecular complexity index is 719. The molecule has 2 aromatic heterocycles. The molecule has 0 saturated heterocycles. The Balaban J connectivity index is 1.73. The third kappa shape index (κ3) is 6.44. The molecule has 0 aliphatic carbocycles. The van der Waals surface area contributed by atoms with Gasteiger partial charge in [-0.25, -0.2) is 4.98 Å². The minimum Gasteiger partial charge on any atom is -0.393 e. The van der Waals surface area contributed by atoms with Crippen molar-refractivity contribution in [2.45, 2.75) is 70.8 Å². The van der Waals surface area contributed by atoms with Gasteiger partial charge in [-0.05, 0) is 50.7 Å². The summed E-state index contributed by atoms with van der Waals surface area (Å²) in [5, 5.41) is 16.9. The van der Waals surface area contributed by atoms with Crippen LogP contribution in [0, 0.1) is 6.92 Å². The number of rotatable bonds is 1. The zero-order valence-electron chi connectivity index (χ0n) is 17.0. The number of aromatic nitrogens is 3. The highest BCUT2D eigenvalue weighted by molar-refractivity contribution is 5.72. The molecule has 1 atom stereocenters. The highest BCUT2D eigenvalue weighted by atomic mass is 16.3. The average molecular weight is 384 g/mol. The van der Waals surface area contributed by atoms with Crippen molar-refractivity contribution < 1.29 is 5.11 Å². The fraction of sp³-hybridized carbons (Fsp3) is 0.591. The number of fused-ring (bicyclic) bond motifs is 2. The lowest BCUT2D eigenvalue weighted by Crippen LogP contribution is -2.11. The molecule has 1 aliphatic heterocycles. The van der Waals surface area contributed by atoms with Gasteiger partial charge in [0.05, 0.1) is 17.4 Å². The van der Waals surface area contributed by atoms with Crippen LogP contribution in [0.25, 0.3) is 11.3 Å². The van der Waals surface area contributed by atoms with Gasteiger partial charge in [0, 0.05) is 25.5 Å². The molecule has 6 nitrogen and oxygen atoms in total. The quantitative estimate of drug-likeness (QED) is 0.670. The van der Waals surface area contributed by atoms with Crippen molar-refractivity contribution in [3.8, 4) is 11.3 Å². The molecule has 2 bridgehead atoms. The van der Waals surface area contributed by atoms with E-state index in [-0.39, 0.29) is 6.10 Å². The van der Waals surface area contributed by atoms with Crippen LogP contribution in [0.5, 0.6) is 0 Å². The van der Waals surface area contributed by atoms with Gasteiger partial charge in [0.1, 0.15) is 5.82 Å². The van der Waals surface area contributed by atoms with Crippen molar-refractivity contribution in [3.05, 3.63) is 30.1 Å². The van der Waals surface area contributed by atoms with Gasteiger partial charge < -0.3 is 15.7 Å². The molecule has 1 unspecified atom stereocenters. The summed E-state index contributed by atoms with van der Waals surface area (Å²) in [4.78, 5) is 13.8. The number of anilines is 2. The molecule has 3 N–H and O–H groups in total. The Hall–Kier alpha value is -2.21. The van der Waals surface area contributed by atoms with E-state index in [9.17, 15) is 5.11 Å². The second-order valence-electron chi connectivity index (χ2n) is 7.74. The van der Waals surface area contributed by atoms with Crippen LogP contribution in [0.2, 0.25) is 0 Å². The van der Waals surface area contributed by atoms with Crippen LogP contribution in [-0.4, -0.2) is 39.3 Å². The van der Waals surface area contributed by atoms with Gasteiger partial charge in [-0.3, -0.25) is 4.98 Å². The van der Waals surface area contributed by atoms with E-state index >= 15 is 0 Å². The number of nitrogens with zero attached hydrogens (tertiary/aromatic N) is 3. The Labute approximate surface area is 168 Å². The molecule has 6 heteroatoms. The van der Waals surface area contributed by atoms with Crippen LogP contribution >= 0.6 is 0 Å². The van der Waals surface area contributed by atoms with Gasteiger partial charge in [-0.2, -0.15) is 4.98 Å². The zero-order valence-corrected chi connectivity index (χ0v) is 17.0. The first-order valence-corrected chi connectivity index (χ1v) is 10.7. The van der Waals surface area contributed by atoms with Crippen LogP contribution in [0.15, 0.2) is 24.5 Å². The molecule has 152 valence electrons. The standard InChI is InChI=1S/C22H33N5O/c1-17-11-12-20(25-15-17)19-16-26-22-24-14-7-4-2-3-5-9-18(28)10-6-8-13-23-21(19)27-22/h11-12,15-16,18,28H,2-10,13-14H2,1H3,(H2,23,24,26,27). The fourth-order valence-corrected chi connectivity index (χ4v) is 3.51. The maximum Gasteiger partial charge on any atom is 0.224 e. The molecule has 0 amide bonds. The molecule has 3 heterocycles. The molecule has 0 radical (unpaired) electrons. The van der Waals surface area contributed by atoms with Crippen LogP contribution < -0.4 is 10.6 Å². The predicted octanol–water partition coefficient (Wildman–Crippen LogP) is 4.56. The van der Waals surface area contributed by atoms with Gasteiger partial charge in [0.2, 0.25) is 5.95 Å². The highest BCUT2D eigenvalue weighted by Crippen LogP contribution is 2.25. The first-order valence-electron chi connectivity index (χ1n) is 10.7. The lowest BCUT2D eigenvalue weighted by molar-refractivity contribution is 0.148. The summed E-state index contributed by atoms with van der Waals surface area (Å²) >= 11 is 0. The summed E-state index contributed by atoms with van der Waals surface area (Å²) in [5.74, 6) is 1.48. The minimum absolute atomic E-state index is 0.157. The first-order chi connectivity index (χ1) is 13.7. The third-order valence-corrected chi connectivity index (χ3v) is 5.23. The van der Waals surface area contributed by atoms with E-state index in [2.05, 4.69) is 26.7 Å². The normalized spacial score (nSPS) is 19.9. The smallest absolute Gasteiger partial charge is 0.224 e. The molecular weight excluding hydrogens is 350 g/mol. The van der Waals surface area contributed by atoms with E-state index in [1.54, 1.807) is 0 Å². The van der Waals surface area contributed by atoms with E-state index < -0.39 is 0 Å². The summed E-state index contributed by atoms with van der Waals surface area (Å²) in [6.07, 6.45) is 13.3. The predicted molar refractivity (Wildman–Crippen MR) is 115 cm³/mol. The summed E-state index contributed by atoms with van der Waals surface area (Å²) in [6, 6.07) is 4.07. The van der Waals surface area contributed by atoms with Gasteiger partial charge in [-0.1, -0.05) is 31.7 Å². The van der Waals surface area contributed by atoms with Gasteiger partial charge in [0.25, 0.3) is 0 Å². The fourth-order valence-electron chi connectivity index (χ4n) is 3.51. The maximum absolute atomic E-state index is 10.1. The second kappa shape index (κ2) is 11.0. The zero-order chi connectivity index (χ0) is 19.6. The number of pyridine rings is 1. The number of aliphatic hydroxyl groups excluding tert-OH is 1. The molecule has 28 heavy (non-hydrogen) atoms. The number of aryl methyl sites for hydroxylation is 1.